The van der Waals surface area contributed by atoms with Crippen molar-refractivity contribution < 1.29 is 0 Å². The number of hydrogen-bond acceptors (Lipinski definition) is 4. The van der Waals surface area contributed by atoms with E-state index in [0.717, 1.165) is 22.5 Å². The van der Waals surface area contributed by atoms with Gasteiger partial charge in [-0.3, -0.25) is 0 Å². The lowest BCUT2D eigenvalue weighted by Crippen LogP contribution is -2.40. The molecule has 0 aliphatic carbocycles. The fraction of sp³-hybridized carbons (Fsp3) is 0.636. The SMILES string of the molecule is CN(CCNC(C)(C)C)c1ncncc1I. The second-order valence-electron chi connectivity index (χ2n) is 4.79. The van der Waals surface area contributed by atoms with Crippen LogP contribution in [0, 0.1) is 3.57 Å². The molecule has 1 heterocycles. The largest absolute Gasteiger partial charge is 0.357 e. The van der Waals surface area contributed by atoms with Crippen molar-refractivity contribution in [3.63, 3.8) is 0 Å². The van der Waals surface area contributed by atoms with Crippen LogP contribution in [0.15, 0.2) is 12.5 Å². The Labute approximate surface area is 111 Å². The van der Waals surface area contributed by atoms with Gasteiger partial charge in [-0.25, -0.2) is 9.97 Å². The molecule has 0 fully saturated rings. The summed E-state index contributed by atoms with van der Waals surface area (Å²) < 4.78 is 1.08. The highest BCUT2D eigenvalue weighted by atomic mass is 127. The molecule has 0 spiro atoms. The van der Waals surface area contributed by atoms with Crippen molar-refractivity contribution >= 4 is 28.4 Å². The van der Waals surface area contributed by atoms with Gasteiger partial charge in [0.2, 0.25) is 0 Å². The van der Waals surface area contributed by atoms with Gasteiger partial charge in [0.1, 0.15) is 12.1 Å². The number of anilines is 1. The minimum Gasteiger partial charge on any atom is -0.357 e. The predicted octanol–water partition coefficient (Wildman–Crippen LogP) is 1.91. The number of hydrogen-bond donors (Lipinski definition) is 1. The van der Waals surface area contributed by atoms with E-state index in [1.54, 1.807) is 6.33 Å². The van der Waals surface area contributed by atoms with Crippen LogP contribution in [0.1, 0.15) is 20.8 Å². The smallest absolute Gasteiger partial charge is 0.145 e. The van der Waals surface area contributed by atoms with E-state index in [0.29, 0.717) is 0 Å². The van der Waals surface area contributed by atoms with Gasteiger partial charge in [-0.1, -0.05) is 0 Å². The normalized spacial score (nSPS) is 11.6. The first-order valence-electron chi connectivity index (χ1n) is 5.32. The maximum Gasteiger partial charge on any atom is 0.145 e. The van der Waals surface area contributed by atoms with Crippen LogP contribution in [0.4, 0.5) is 5.82 Å². The molecule has 1 aromatic heterocycles. The third-order valence-electron chi connectivity index (χ3n) is 2.11. The summed E-state index contributed by atoms with van der Waals surface area (Å²) in [6.45, 7) is 8.38. The molecule has 0 saturated heterocycles. The van der Waals surface area contributed by atoms with Gasteiger partial charge >= 0.3 is 0 Å². The Morgan fingerprint density at radius 3 is 2.69 bits per heavy atom. The third kappa shape index (κ3) is 4.61. The molecule has 0 atom stereocenters. The van der Waals surface area contributed by atoms with Crippen LogP contribution in [0.5, 0.6) is 0 Å². The summed E-state index contributed by atoms with van der Waals surface area (Å²) in [7, 11) is 2.05. The van der Waals surface area contributed by atoms with E-state index < -0.39 is 0 Å². The first-order chi connectivity index (χ1) is 7.40. The lowest BCUT2D eigenvalue weighted by molar-refractivity contribution is 0.430. The summed E-state index contributed by atoms with van der Waals surface area (Å²) in [6, 6.07) is 0. The van der Waals surface area contributed by atoms with E-state index in [4.69, 9.17) is 0 Å². The zero-order valence-electron chi connectivity index (χ0n) is 10.3. The lowest BCUT2D eigenvalue weighted by atomic mass is 10.1. The van der Waals surface area contributed by atoms with Crippen LogP contribution >= 0.6 is 22.6 Å². The fourth-order valence-corrected chi connectivity index (χ4v) is 2.00. The molecule has 0 unspecified atom stereocenters. The van der Waals surface area contributed by atoms with E-state index in [9.17, 15) is 0 Å². The fourth-order valence-electron chi connectivity index (χ4n) is 1.29. The summed E-state index contributed by atoms with van der Waals surface area (Å²) in [5, 5.41) is 3.45. The summed E-state index contributed by atoms with van der Waals surface area (Å²) >= 11 is 2.26. The Bertz CT molecular complexity index is 335. The van der Waals surface area contributed by atoms with Crippen LogP contribution in [-0.4, -0.2) is 35.6 Å². The number of likely N-dealkylation sites (N-methyl/N-ethyl adjacent to an activating group) is 1. The van der Waals surface area contributed by atoms with Gasteiger partial charge in [0.25, 0.3) is 0 Å². The van der Waals surface area contributed by atoms with Gasteiger partial charge in [-0.15, -0.1) is 0 Å². The highest BCUT2D eigenvalue weighted by molar-refractivity contribution is 14.1. The number of nitrogens with one attached hydrogen (secondary N) is 1. The number of aromatic nitrogens is 2. The van der Waals surface area contributed by atoms with Crippen molar-refractivity contribution in [2.45, 2.75) is 26.3 Å². The minimum atomic E-state index is 0.166. The molecule has 0 saturated carbocycles. The molecule has 0 aliphatic rings. The molecule has 1 rings (SSSR count). The second kappa shape index (κ2) is 5.77. The second-order valence-corrected chi connectivity index (χ2v) is 5.95. The molecule has 1 aromatic rings. The number of halogens is 1. The van der Waals surface area contributed by atoms with Crippen LogP contribution in [0.25, 0.3) is 0 Å². The molecule has 0 amide bonds. The standard InChI is InChI=1S/C11H19IN4/c1-11(2,3)15-5-6-16(4)10-9(12)7-13-8-14-10/h7-8,15H,5-6H2,1-4H3. The zero-order chi connectivity index (χ0) is 12.2. The Balaban J connectivity index is 2.47. The summed E-state index contributed by atoms with van der Waals surface area (Å²) in [4.78, 5) is 10.4. The Morgan fingerprint density at radius 1 is 1.44 bits per heavy atom. The van der Waals surface area contributed by atoms with Crippen molar-refractivity contribution in [3.05, 3.63) is 16.1 Å². The van der Waals surface area contributed by atoms with Crippen LogP contribution in [0.3, 0.4) is 0 Å². The topological polar surface area (TPSA) is 41.0 Å². The minimum absolute atomic E-state index is 0.166. The van der Waals surface area contributed by atoms with Gasteiger partial charge < -0.3 is 10.2 Å². The highest BCUT2D eigenvalue weighted by Gasteiger charge is 2.10. The molecular formula is C11H19IN4. The average Bonchev–Trinajstić information content (AvgIpc) is 2.16. The quantitative estimate of drug-likeness (QED) is 0.854. The number of rotatable bonds is 4. The summed E-state index contributed by atoms with van der Waals surface area (Å²) in [5.41, 5.74) is 0.166. The van der Waals surface area contributed by atoms with Gasteiger partial charge in [0.05, 0.1) is 3.57 Å². The van der Waals surface area contributed by atoms with Crippen LogP contribution in [-0.2, 0) is 0 Å². The van der Waals surface area contributed by atoms with E-state index in [1.807, 2.05) is 6.20 Å². The first-order valence-corrected chi connectivity index (χ1v) is 6.40. The summed E-state index contributed by atoms with van der Waals surface area (Å²) in [5.74, 6) is 0.992. The molecule has 0 aromatic carbocycles. The van der Waals surface area contributed by atoms with Crippen molar-refractivity contribution in [1.82, 2.24) is 15.3 Å². The molecule has 16 heavy (non-hydrogen) atoms. The average molecular weight is 334 g/mol. The molecule has 90 valence electrons. The van der Waals surface area contributed by atoms with E-state index in [2.05, 4.69) is 70.6 Å². The van der Waals surface area contributed by atoms with E-state index in [-0.39, 0.29) is 5.54 Å². The Morgan fingerprint density at radius 2 is 2.12 bits per heavy atom. The van der Waals surface area contributed by atoms with Crippen LogP contribution < -0.4 is 10.2 Å². The Hall–Kier alpha value is -0.430. The van der Waals surface area contributed by atoms with E-state index in [1.165, 1.54) is 0 Å². The van der Waals surface area contributed by atoms with Crippen LogP contribution in [0.2, 0.25) is 0 Å². The molecule has 1 N–H and O–H groups in total. The van der Waals surface area contributed by atoms with E-state index >= 15 is 0 Å². The zero-order valence-corrected chi connectivity index (χ0v) is 12.4. The predicted molar refractivity (Wildman–Crippen MR) is 75.8 cm³/mol. The molecular weight excluding hydrogens is 315 g/mol. The Kier molecular flexibility index (Phi) is 4.91. The van der Waals surface area contributed by atoms with Gasteiger partial charge in [0, 0.05) is 31.9 Å². The summed E-state index contributed by atoms with van der Waals surface area (Å²) in [6.07, 6.45) is 3.42. The maximum atomic E-state index is 4.27. The molecule has 0 radical (unpaired) electrons. The van der Waals surface area contributed by atoms with Gasteiger partial charge in [0.15, 0.2) is 0 Å². The van der Waals surface area contributed by atoms with Crippen molar-refractivity contribution in [1.29, 1.82) is 0 Å². The molecule has 4 nitrogen and oxygen atoms in total. The van der Waals surface area contributed by atoms with Crippen molar-refractivity contribution in [2.24, 2.45) is 0 Å². The maximum absolute atomic E-state index is 4.27. The third-order valence-corrected chi connectivity index (χ3v) is 2.87. The van der Waals surface area contributed by atoms with Gasteiger partial charge in [-0.05, 0) is 43.4 Å². The number of nitrogens with zero attached hydrogens (tertiary/aromatic N) is 3. The molecule has 5 heteroatoms. The van der Waals surface area contributed by atoms with Crippen molar-refractivity contribution in [3.8, 4) is 0 Å². The molecule has 0 aliphatic heterocycles. The monoisotopic (exact) mass is 334 g/mol. The lowest BCUT2D eigenvalue weighted by Gasteiger charge is -2.24. The van der Waals surface area contributed by atoms with Gasteiger partial charge in [-0.2, -0.15) is 0 Å². The highest BCUT2D eigenvalue weighted by Crippen LogP contribution is 2.15. The first kappa shape index (κ1) is 13.6. The van der Waals surface area contributed by atoms with Crippen molar-refractivity contribution in [2.75, 3.05) is 25.0 Å². The molecule has 0 bridgehead atoms.